The Bertz CT molecular complexity index is 1350. The predicted molar refractivity (Wildman–Crippen MR) is 141 cm³/mol. The monoisotopic (exact) mass is 478 g/mol. The Morgan fingerprint density at radius 3 is 2.00 bits per heavy atom. The number of rotatable bonds is 7. The molecule has 4 heteroatoms. The van der Waals surface area contributed by atoms with Crippen LogP contribution in [-0.4, -0.2) is 37.3 Å². The second-order valence-corrected chi connectivity index (χ2v) is 9.91. The maximum Gasteiger partial charge on any atom is 0.193 e. The third kappa shape index (κ3) is 4.79. The molecule has 0 aliphatic carbocycles. The molecule has 0 amide bonds. The van der Waals surface area contributed by atoms with E-state index < -0.39 is 0 Å². The van der Waals surface area contributed by atoms with Crippen molar-refractivity contribution in [3.8, 4) is 5.75 Å². The average Bonchev–Trinajstić information content (AvgIpc) is 3.46. The molecule has 0 spiro atoms. The van der Waals surface area contributed by atoms with Gasteiger partial charge in [0.1, 0.15) is 5.75 Å². The van der Waals surface area contributed by atoms with Gasteiger partial charge in [0.25, 0.3) is 0 Å². The highest BCUT2D eigenvalue weighted by molar-refractivity contribution is 6.08. The Hall–Kier alpha value is -3.47. The normalized spacial score (nSPS) is 23.0. The molecule has 2 fully saturated rings. The van der Waals surface area contributed by atoms with Crippen LogP contribution in [0.25, 0.3) is 10.8 Å². The van der Waals surface area contributed by atoms with Gasteiger partial charge in [0.2, 0.25) is 0 Å². The minimum Gasteiger partial charge on any atom is -0.497 e. The molecule has 2 saturated heterocycles. The second kappa shape index (κ2) is 9.88. The molecule has 0 aromatic heterocycles. The van der Waals surface area contributed by atoms with Crippen LogP contribution < -0.4 is 4.74 Å². The van der Waals surface area contributed by atoms with Gasteiger partial charge in [0.05, 0.1) is 31.5 Å². The van der Waals surface area contributed by atoms with Crippen molar-refractivity contribution in [2.75, 3.05) is 7.11 Å². The van der Waals surface area contributed by atoms with Crippen LogP contribution in [0, 0.1) is 0 Å². The number of ether oxygens (including phenoxy) is 3. The Balaban J connectivity index is 1.02. The van der Waals surface area contributed by atoms with Crippen LogP contribution in [-0.2, 0) is 22.3 Å². The summed E-state index contributed by atoms with van der Waals surface area (Å²) >= 11 is 0. The van der Waals surface area contributed by atoms with E-state index in [4.69, 9.17) is 14.2 Å². The molecule has 182 valence electrons. The number of benzene rings is 4. The number of fused-ring (bicyclic) bond motifs is 2. The highest BCUT2D eigenvalue weighted by atomic mass is 16.6. The molecule has 2 aliphatic heterocycles. The van der Waals surface area contributed by atoms with Gasteiger partial charge in [-0.05, 0) is 46.9 Å². The van der Waals surface area contributed by atoms with Crippen LogP contribution in [0.1, 0.15) is 39.9 Å². The number of carbonyl (C=O) groups excluding carboxylic acids is 1. The van der Waals surface area contributed by atoms with Crippen molar-refractivity contribution >= 4 is 16.6 Å². The third-order valence-corrected chi connectivity index (χ3v) is 7.43. The molecular weight excluding hydrogens is 448 g/mol. The summed E-state index contributed by atoms with van der Waals surface area (Å²) < 4.78 is 18.1. The molecule has 6 rings (SSSR count). The minimum atomic E-state index is 0.0550. The lowest BCUT2D eigenvalue weighted by molar-refractivity contribution is 0.0340. The molecule has 4 atom stereocenters. The lowest BCUT2D eigenvalue weighted by Gasteiger charge is -2.16. The maximum atomic E-state index is 12.6. The zero-order valence-electron chi connectivity index (χ0n) is 20.4. The number of carbonyl (C=O) groups is 1. The van der Waals surface area contributed by atoms with E-state index in [9.17, 15) is 4.79 Å². The van der Waals surface area contributed by atoms with Gasteiger partial charge in [0, 0.05) is 24.0 Å². The van der Waals surface area contributed by atoms with Gasteiger partial charge in [-0.3, -0.25) is 4.79 Å². The van der Waals surface area contributed by atoms with E-state index in [1.807, 2.05) is 60.7 Å². The van der Waals surface area contributed by atoms with Crippen molar-refractivity contribution in [2.24, 2.45) is 0 Å². The lowest BCUT2D eigenvalue weighted by Crippen LogP contribution is -2.17. The summed E-state index contributed by atoms with van der Waals surface area (Å²) in [6.45, 7) is 0. The van der Waals surface area contributed by atoms with Crippen molar-refractivity contribution in [1.82, 2.24) is 0 Å². The van der Waals surface area contributed by atoms with Crippen LogP contribution in [0.3, 0.4) is 0 Å². The van der Waals surface area contributed by atoms with E-state index in [0.717, 1.165) is 31.4 Å². The average molecular weight is 479 g/mol. The van der Waals surface area contributed by atoms with E-state index in [0.29, 0.717) is 11.1 Å². The Labute approximate surface area is 211 Å². The zero-order valence-corrected chi connectivity index (χ0v) is 20.4. The summed E-state index contributed by atoms with van der Waals surface area (Å²) in [6, 6.07) is 30.1. The fraction of sp³-hybridized carbons (Fsp3) is 0.281. The van der Waals surface area contributed by atoms with Crippen LogP contribution in [0.4, 0.5) is 0 Å². The summed E-state index contributed by atoms with van der Waals surface area (Å²) in [6.07, 6.45) is 4.30. The first-order valence-electron chi connectivity index (χ1n) is 12.7. The quantitative estimate of drug-likeness (QED) is 0.298. The number of methoxy groups -OCH3 is 1. The summed E-state index contributed by atoms with van der Waals surface area (Å²) in [5.74, 6) is 0.935. The van der Waals surface area contributed by atoms with Gasteiger partial charge in [-0.1, -0.05) is 78.9 Å². The summed E-state index contributed by atoms with van der Waals surface area (Å²) in [4.78, 5) is 12.6. The van der Waals surface area contributed by atoms with Crippen molar-refractivity contribution in [2.45, 2.75) is 50.1 Å². The SMILES string of the molecule is COc1ccc2cc(C[C@@H]3C[C@H]4O[C@H](Cc5ccc(C(=O)c6ccccc6)cc5)C[C@H]4O3)ccc2c1. The Morgan fingerprint density at radius 1 is 0.722 bits per heavy atom. The molecule has 4 aromatic carbocycles. The van der Waals surface area contributed by atoms with Gasteiger partial charge < -0.3 is 14.2 Å². The topological polar surface area (TPSA) is 44.8 Å². The van der Waals surface area contributed by atoms with Gasteiger partial charge in [-0.2, -0.15) is 0 Å². The van der Waals surface area contributed by atoms with Crippen LogP contribution in [0.5, 0.6) is 5.75 Å². The molecule has 36 heavy (non-hydrogen) atoms. The van der Waals surface area contributed by atoms with Gasteiger partial charge >= 0.3 is 0 Å². The van der Waals surface area contributed by atoms with Crippen LogP contribution >= 0.6 is 0 Å². The molecule has 0 saturated carbocycles. The first-order valence-corrected chi connectivity index (χ1v) is 12.7. The molecule has 0 N–H and O–H groups in total. The van der Waals surface area contributed by atoms with Crippen LogP contribution in [0.15, 0.2) is 91.0 Å². The fourth-order valence-electron chi connectivity index (χ4n) is 5.58. The smallest absolute Gasteiger partial charge is 0.193 e. The molecular formula is C32H30O4. The van der Waals surface area contributed by atoms with Crippen LogP contribution in [0.2, 0.25) is 0 Å². The molecule has 0 unspecified atom stereocenters. The standard InChI is InChI=1S/C32H30O4/c1-34-27-14-13-25-15-22(9-12-26(25)18-27)17-29-20-31-30(36-29)19-28(35-31)16-21-7-10-24(11-8-21)32(33)23-5-3-2-4-6-23/h2-15,18,28-31H,16-17,19-20H2,1H3/t28-,29-,30-,31-/m1/s1. The molecule has 2 heterocycles. The molecule has 0 bridgehead atoms. The van der Waals surface area contributed by atoms with Gasteiger partial charge in [-0.15, -0.1) is 0 Å². The highest BCUT2D eigenvalue weighted by Gasteiger charge is 2.43. The van der Waals surface area contributed by atoms with Crippen molar-refractivity contribution in [1.29, 1.82) is 0 Å². The number of ketones is 1. The number of hydrogen-bond acceptors (Lipinski definition) is 4. The molecule has 2 aliphatic rings. The summed E-state index contributed by atoms with van der Waals surface area (Å²) in [5, 5.41) is 2.41. The lowest BCUT2D eigenvalue weighted by atomic mass is 9.99. The van der Waals surface area contributed by atoms with E-state index >= 15 is 0 Å². The van der Waals surface area contributed by atoms with E-state index in [1.165, 1.54) is 21.9 Å². The number of hydrogen-bond donors (Lipinski definition) is 0. The van der Waals surface area contributed by atoms with E-state index in [-0.39, 0.29) is 30.2 Å². The van der Waals surface area contributed by atoms with Crippen molar-refractivity contribution in [3.63, 3.8) is 0 Å². The van der Waals surface area contributed by atoms with Gasteiger partial charge in [0.15, 0.2) is 5.78 Å². The van der Waals surface area contributed by atoms with E-state index in [2.05, 4.69) is 30.3 Å². The first-order chi connectivity index (χ1) is 17.6. The van der Waals surface area contributed by atoms with Crippen molar-refractivity contribution in [3.05, 3.63) is 113 Å². The first kappa shape index (κ1) is 23.0. The molecule has 4 aromatic rings. The van der Waals surface area contributed by atoms with Gasteiger partial charge in [-0.25, -0.2) is 0 Å². The summed E-state index contributed by atoms with van der Waals surface area (Å²) in [7, 11) is 1.70. The third-order valence-electron chi connectivity index (χ3n) is 7.43. The van der Waals surface area contributed by atoms with Crippen molar-refractivity contribution < 1.29 is 19.0 Å². The minimum absolute atomic E-state index is 0.0550. The predicted octanol–water partition coefficient (Wildman–Crippen LogP) is 6.18. The maximum absolute atomic E-state index is 12.6. The zero-order chi connectivity index (χ0) is 24.5. The fourth-order valence-corrected chi connectivity index (χ4v) is 5.58. The largest absolute Gasteiger partial charge is 0.497 e. The summed E-state index contributed by atoms with van der Waals surface area (Å²) in [5.41, 5.74) is 3.91. The van der Waals surface area contributed by atoms with E-state index in [1.54, 1.807) is 7.11 Å². The Morgan fingerprint density at radius 2 is 1.31 bits per heavy atom. The molecule has 0 radical (unpaired) electrons. The molecule has 4 nitrogen and oxygen atoms in total. The second-order valence-electron chi connectivity index (χ2n) is 9.91. The highest BCUT2D eigenvalue weighted by Crippen LogP contribution is 2.36. The Kier molecular flexibility index (Phi) is 6.30.